The summed E-state index contributed by atoms with van der Waals surface area (Å²) in [6, 6.07) is 2.37. The van der Waals surface area contributed by atoms with Gasteiger partial charge in [-0.15, -0.1) is 0 Å². The minimum Gasteiger partial charge on any atom is -0.238 e. The van der Waals surface area contributed by atoms with Crippen molar-refractivity contribution in [1.82, 2.24) is 9.97 Å². The predicted octanol–water partition coefficient (Wildman–Crippen LogP) is 20.1. The maximum Gasteiger partial charge on any atom is 0.128 e. The van der Waals surface area contributed by atoms with E-state index >= 15 is 0 Å². The maximum absolute atomic E-state index is 5.02. The molecule has 2 heteroatoms. The van der Waals surface area contributed by atoms with E-state index in [9.17, 15) is 0 Å². The van der Waals surface area contributed by atoms with Gasteiger partial charge in [0.1, 0.15) is 5.82 Å². The summed E-state index contributed by atoms with van der Waals surface area (Å²) in [5, 5.41) is 0. The van der Waals surface area contributed by atoms with E-state index in [-0.39, 0.29) is 0 Å². The van der Waals surface area contributed by atoms with Gasteiger partial charge in [-0.25, -0.2) is 9.97 Å². The first-order valence-electron chi connectivity index (χ1n) is 27.7. The highest BCUT2D eigenvalue weighted by Crippen LogP contribution is 2.19. The van der Waals surface area contributed by atoms with Crippen LogP contribution in [0.5, 0.6) is 0 Å². The Balaban J connectivity index is 1.96. The molecule has 58 heavy (non-hydrogen) atoms. The quantitative estimate of drug-likeness (QED) is 0.0613. The third-order valence-electron chi connectivity index (χ3n) is 13.2. The van der Waals surface area contributed by atoms with Gasteiger partial charge in [0, 0.05) is 17.8 Å². The van der Waals surface area contributed by atoms with Crippen molar-refractivity contribution < 1.29 is 0 Å². The van der Waals surface area contributed by atoms with Gasteiger partial charge in [-0.3, -0.25) is 0 Å². The van der Waals surface area contributed by atoms with Crippen molar-refractivity contribution in [2.24, 2.45) is 0 Å². The molecule has 1 rings (SSSR count). The van der Waals surface area contributed by atoms with E-state index in [2.05, 4.69) is 26.8 Å². The van der Waals surface area contributed by atoms with Gasteiger partial charge in [0.15, 0.2) is 0 Å². The molecule has 0 bridgehead atoms. The molecule has 342 valence electrons. The van der Waals surface area contributed by atoms with Crippen LogP contribution < -0.4 is 0 Å². The zero-order valence-electron chi connectivity index (χ0n) is 40.6. The molecule has 0 fully saturated rings. The first kappa shape index (κ1) is 55.1. The van der Waals surface area contributed by atoms with Crippen LogP contribution in [0.2, 0.25) is 0 Å². The van der Waals surface area contributed by atoms with Gasteiger partial charge in [-0.1, -0.05) is 297 Å². The summed E-state index contributed by atoms with van der Waals surface area (Å²) >= 11 is 0. The normalized spacial score (nSPS) is 11.6. The van der Waals surface area contributed by atoms with E-state index in [0.29, 0.717) is 0 Å². The van der Waals surface area contributed by atoms with Gasteiger partial charge >= 0.3 is 0 Å². The smallest absolute Gasteiger partial charge is 0.128 e. The molecular weight excluding hydrogens is 701 g/mol. The van der Waals surface area contributed by atoms with Crippen LogP contribution in [0.15, 0.2) is 6.07 Å². The maximum atomic E-state index is 5.02. The summed E-state index contributed by atoms with van der Waals surface area (Å²) in [6.45, 7) is 6.91. The van der Waals surface area contributed by atoms with E-state index < -0.39 is 0 Å². The molecule has 0 aliphatic carbocycles. The largest absolute Gasteiger partial charge is 0.238 e. The summed E-state index contributed by atoms with van der Waals surface area (Å²) < 4.78 is 0. The standard InChI is InChI=1S/C56H108N2/c1-4-7-10-12-14-16-18-20-22-24-26-28-30-32-34-36-38-40-42-44-46-48-50-54-53-55(58-56(57-54)52-9-6-3)51-49-47-45-43-41-39-37-35-33-31-29-27-25-23-21-19-17-15-13-11-8-5-2/h53H,4-52H2,1-3H3. The van der Waals surface area contributed by atoms with E-state index in [1.165, 1.54) is 307 Å². The molecule has 0 saturated carbocycles. The number of hydrogen-bond donors (Lipinski definition) is 0. The van der Waals surface area contributed by atoms with Crippen LogP contribution in [-0.2, 0) is 19.3 Å². The summed E-state index contributed by atoms with van der Waals surface area (Å²) in [6.07, 6.45) is 69.4. The molecule has 1 aromatic rings. The highest BCUT2D eigenvalue weighted by molar-refractivity contribution is 5.12. The van der Waals surface area contributed by atoms with Crippen molar-refractivity contribution >= 4 is 0 Å². The van der Waals surface area contributed by atoms with Crippen LogP contribution in [0.25, 0.3) is 0 Å². The first-order chi connectivity index (χ1) is 28.8. The molecule has 0 N–H and O–H groups in total. The molecule has 0 unspecified atom stereocenters. The Labute approximate surface area is 367 Å². The van der Waals surface area contributed by atoms with Gasteiger partial charge in [0.05, 0.1) is 0 Å². The lowest BCUT2D eigenvalue weighted by Crippen LogP contribution is -2.04. The number of unbranched alkanes of at least 4 members (excludes halogenated alkanes) is 43. The van der Waals surface area contributed by atoms with Crippen molar-refractivity contribution in [3.05, 3.63) is 23.3 Å². The van der Waals surface area contributed by atoms with Crippen LogP contribution >= 0.6 is 0 Å². The van der Waals surface area contributed by atoms with Crippen LogP contribution in [0.1, 0.15) is 333 Å². The zero-order valence-corrected chi connectivity index (χ0v) is 40.6. The molecule has 0 aliphatic rings. The van der Waals surface area contributed by atoms with Gasteiger partial charge < -0.3 is 0 Å². The SMILES string of the molecule is CCCCCCCCCCCCCCCCCCCCCCCCc1cc(CCCCCCCCCCCCCCCCCCCCCCCC)nc(CCCC)n1. The Hall–Kier alpha value is -0.920. The topological polar surface area (TPSA) is 25.8 Å². The van der Waals surface area contributed by atoms with Crippen molar-refractivity contribution in [2.45, 2.75) is 335 Å². The monoisotopic (exact) mass is 809 g/mol. The van der Waals surface area contributed by atoms with E-state index in [0.717, 1.165) is 25.1 Å². The second-order valence-corrected chi connectivity index (χ2v) is 19.2. The van der Waals surface area contributed by atoms with Crippen LogP contribution in [0, 0.1) is 0 Å². The molecule has 0 aromatic carbocycles. The lowest BCUT2D eigenvalue weighted by atomic mass is 10.0. The summed E-state index contributed by atoms with van der Waals surface area (Å²) in [7, 11) is 0. The average molecular weight is 809 g/mol. The predicted molar refractivity (Wildman–Crippen MR) is 263 cm³/mol. The molecule has 0 aliphatic heterocycles. The minimum absolute atomic E-state index is 1.05. The second kappa shape index (κ2) is 47.1. The van der Waals surface area contributed by atoms with E-state index in [1.54, 1.807) is 0 Å². The third-order valence-corrected chi connectivity index (χ3v) is 13.2. The molecule has 0 radical (unpaired) electrons. The summed E-state index contributed by atoms with van der Waals surface area (Å²) in [4.78, 5) is 10.0. The fourth-order valence-corrected chi connectivity index (χ4v) is 9.15. The van der Waals surface area contributed by atoms with Crippen molar-refractivity contribution in [1.29, 1.82) is 0 Å². The molecule has 0 atom stereocenters. The lowest BCUT2D eigenvalue weighted by molar-refractivity contribution is 0.518. The Kier molecular flexibility index (Phi) is 44.8. The summed E-state index contributed by atoms with van der Waals surface area (Å²) in [5.74, 6) is 1.12. The fraction of sp³-hybridized carbons (Fsp3) is 0.929. The number of aryl methyl sites for hydroxylation is 3. The van der Waals surface area contributed by atoms with Gasteiger partial charge in [0.25, 0.3) is 0 Å². The molecular formula is C56H108N2. The average Bonchev–Trinajstić information content (AvgIpc) is 3.23. The van der Waals surface area contributed by atoms with Crippen molar-refractivity contribution in [2.75, 3.05) is 0 Å². The van der Waals surface area contributed by atoms with Gasteiger partial charge in [-0.05, 0) is 38.2 Å². The van der Waals surface area contributed by atoms with E-state index in [1.807, 2.05) is 0 Å². The number of nitrogens with zero attached hydrogens (tertiary/aromatic N) is 2. The van der Waals surface area contributed by atoms with Crippen molar-refractivity contribution in [3.63, 3.8) is 0 Å². The first-order valence-corrected chi connectivity index (χ1v) is 27.7. The number of aromatic nitrogens is 2. The summed E-state index contributed by atoms with van der Waals surface area (Å²) in [5.41, 5.74) is 2.64. The Morgan fingerprint density at radius 3 is 0.621 bits per heavy atom. The fourth-order valence-electron chi connectivity index (χ4n) is 9.15. The highest BCUT2D eigenvalue weighted by Gasteiger charge is 2.06. The van der Waals surface area contributed by atoms with Gasteiger partial charge in [-0.2, -0.15) is 0 Å². The van der Waals surface area contributed by atoms with Crippen molar-refractivity contribution in [3.8, 4) is 0 Å². The van der Waals surface area contributed by atoms with Crippen LogP contribution in [-0.4, -0.2) is 9.97 Å². The molecule has 0 saturated heterocycles. The molecule has 0 spiro atoms. The lowest BCUT2D eigenvalue weighted by Gasteiger charge is -2.09. The number of hydrogen-bond acceptors (Lipinski definition) is 2. The zero-order chi connectivity index (χ0) is 41.5. The number of rotatable bonds is 49. The van der Waals surface area contributed by atoms with Gasteiger partial charge in [0.2, 0.25) is 0 Å². The highest BCUT2D eigenvalue weighted by atomic mass is 14.9. The Bertz CT molecular complexity index is 844. The molecule has 1 aromatic heterocycles. The van der Waals surface area contributed by atoms with E-state index in [4.69, 9.17) is 9.97 Å². The second-order valence-electron chi connectivity index (χ2n) is 19.2. The Morgan fingerprint density at radius 2 is 0.414 bits per heavy atom. The van der Waals surface area contributed by atoms with Crippen LogP contribution in [0.4, 0.5) is 0 Å². The molecule has 0 amide bonds. The molecule has 1 heterocycles. The molecule has 2 nitrogen and oxygen atoms in total. The third kappa shape index (κ3) is 40.5. The minimum atomic E-state index is 1.05. The Morgan fingerprint density at radius 1 is 0.224 bits per heavy atom. The van der Waals surface area contributed by atoms with Crippen LogP contribution in [0.3, 0.4) is 0 Å².